The minimum absolute atomic E-state index is 0.262. The van der Waals surface area contributed by atoms with Crippen LogP contribution >= 0.6 is 0 Å². The number of carbonyl (C=O) groups is 2. The summed E-state index contributed by atoms with van der Waals surface area (Å²) in [5.74, 6) is -0.412. The smallest absolute Gasteiger partial charge is 0.340 e. The molecule has 0 fully saturated rings. The van der Waals surface area contributed by atoms with Gasteiger partial charge in [0.15, 0.2) is 0 Å². The van der Waals surface area contributed by atoms with E-state index in [0.29, 0.717) is 22.8 Å². The molecule has 0 aliphatic heterocycles. The number of ether oxygens (including phenoxy) is 1. The molecular formula is C19H25N5O3. The number of esters is 1. The molecule has 0 unspecified atom stereocenters. The molecule has 2 aromatic rings. The van der Waals surface area contributed by atoms with Crippen LogP contribution in [0.4, 0.5) is 11.6 Å². The summed E-state index contributed by atoms with van der Waals surface area (Å²) in [6.45, 7) is 3.70. The van der Waals surface area contributed by atoms with Crippen LogP contribution in [0.1, 0.15) is 34.1 Å². The first-order chi connectivity index (χ1) is 13.0. The Balaban J connectivity index is 1.97. The van der Waals surface area contributed by atoms with Crippen molar-refractivity contribution < 1.29 is 14.3 Å². The predicted octanol–water partition coefficient (Wildman–Crippen LogP) is 2.27. The maximum absolute atomic E-state index is 12.4. The molecule has 0 aliphatic rings. The van der Waals surface area contributed by atoms with Gasteiger partial charge in [0.1, 0.15) is 0 Å². The molecule has 27 heavy (non-hydrogen) atoms. The minimum atomic E-state index is -0.484. The predicted molar refractivity (Wildman–Crippen MR) is 104 cm³/mol. The van der Waals surface area contributed by atoms with Gasteiger partial charge in [0, 0.05) is 18.9 Å². The first kappa shape index (κ1) is 20.3. The fourth-order valence-corrected chi connectivity index (χ4v) is 2.31. The Labute approximate surface area is 159 Å². The van der Waals surface area contributed by atoms with Crippen LogP contribution in [-0.4, -0.2) is 60.5 Å². The van der Waals surface area contributed by atoms with Gasteiger partial charge in [-0.05, 0) is 46.1 Å². The molecule has 1 amide bonds. The van der Waals surface area contributed by atoms with Gasteiger partial charge in [0.2, 0.25) is 5.95 Å². The molecule has 144 valence electrons. The molecule has 0 bridgehead atoms. The molecular weight excluding hydrogens is 346 g/mol. The second kappa shape index (κ2) is 10.2. The van der Waals surface area contributed by atoms with Crippen molar-refractivity contribution in [2.75, 3.05) is 44.4 Å². The van der Waals surface area contributed by atoms with E-state index in [0.717, 1.165) is 19.5 Å². The van der Waals surface area contributed by atoms with E-state index in [-0.39, 0.29) is 6.61 Å². The molecule has 1 aromatic heterocycles. The molecule has 0 atom stereocenters. The highest BCUT2D eigenvalue weighted by molar-refractivity contribution is 6.07. The summed E-state index contributed by atoms with van der Waals surface area (Å²) >= 11 is 0. The number of benzene rings is 1. The van der Waals surface area contributed by atoms with Gasteiger partial charge in [-0.15, -0.1) is 0 Å². The highest BCUT2D eigenvalue weighted by Gasteiger charge is 2.15. The molecule has 0 saturated heterocycles. The Morgan fingerprint density at radius 2 is 1.85 bits per heavy atom. The van der Waals surface area contributed by atoms with Crippen LogP contribution in [-0.2, 0) is 4.74 Å². The topological polar surface area (TPSA) is 96.4 Å². The molecule has 8 heteroatoms. The van der Waals surface area contributed by atoms with Crippen LogP contribution in [0, 0.1) is 0 Å². The Morgan fingerprint density at radius 1 is 1.15 bits per heavy atom. The van der Waals surface area contributed by atoms with E-state index >= 15 is 0 Å². The Morgan fingerprint density at radius 3 is 2.52 bits per heavy atom. The van der Waals surface area contributed by atoms with Crippen molar-refractivity contribution in [2.24, 2.45) is 0 Å². The Bertz CT molecular complexity index is 762. The maximum atomic E-state index is 12.4. The third-order valence-electron chi connectivity index (χ3n) is 3.65. The van der Waals surface area contributed by atoms with E-state index in [2.05, 4.69) is 25.5 Å². The fraction of sp³-hybridized carbons (Fsp3) is 0.368. The number of carbonyl (C=O) groups excluding carboxylic acids is 2. The van der Waals surface area contributed by atoms with Crippen LogP contribution < -0.4 is 10.6 Å². The number of nitrogens with zero attached hydrogens (tertiary/aromatic N) is 3. The van der Waals surface area contributed by atoms with Gasteiger partial charge < -0.3 is 20.3 Å². The van der Waals surface area contributed by atoms with E-state index in [4.69, 9.17) is 4.74 Å². The van der Waals surface area contributed by atoms with Gasteiger partial charge in [-0.25, -0.2) is 14.8 Å². The largest absolute Gasteiger partial charge is 0.462 e. The van der Waals surface area contributed by atoms with E-state index in [1.807, 2.05) is 14.1 Å². The van der Waals surface area contributed by atoms with Crippen molar-refractivity contribution in [3.63, 3.8) is 0 Å². The lowest BCUT2D eigenvalue weighted by Gasteiger charge is -2.11. The number of aromatic nitrogens is 2. The third kappa shape index (κ3) is 6.34. The second-order valence-corrected chi connectivity index (χ2v) is 6.10. The SMILES string of the molecule is CCOC(=O)c1ccccc1NC(=O)c1cnc(NCCCN(C)C)nc1. The number of hydrogen-bond acceptors (Lipinski definition) is 7. The average Bonchev–Trinajstić information content (AvgIpc) is 2.66. The van der Waals surface area contributed by atoms with E-state index in [9.17, 15) is 9.59 Å². The molecule has 1 aromatic carbocycles. The zero-order valence-electron chi connectivity index (χ0n) is 15.9. The van der Waals surface area contributed by atoms with Gasteiger partial charge in [-0.2, -0.15) is 0 Å². The first-order valence-electron chi connectivity index (χ1n) is 8.79. The van der Waals surface area contributed by atoms with E-state index in [1.54, 1.807) is 31.2 Å². The van der Waals surface area contributed by atoms with Crippen LogP contribution in [0.2, 0.25) is 0 Å². The quantitative estimate of drug-likeness (QED) is 0.515. The molecule has 2 rings (SSSR count). The molecule has 8 nitrogen and oxygen atoms in total. The summed E-state index contributed by atoms with van der Waals surface area (Å²) < 4.78 is 5.01. The second-order valence-electron chi connectivity index (χ2n) is 6.10. The van der Waals surface area contributed by atoms with Gasteiger partial charge in [-0.3, -0.25) is 4.79 Å². The van der Waals surface area contributed by atoms with Crippen molar-refractivity contribution >= 4 is 23.5 Å². The van der Waals surface area contributed by atoms with E-state index < -0.39 is 11.9 Å². The normalized spacial score (nSPS) is 10.5. The lowest BCUT2D eigenvalue weighted by atomic mass is 10.1. The zero-order valence-corrected chi connectivity index (χ0v) is 15.9. The van der Waals surface area contributed by atoms with Crippen LogP contribution in [0.25, 0.3) is 0 Å². The monoisotopic (exact) mass is 371 g/mol. The summed E-state index contributed by atoms with van der Waals surface area (Å²) in [6.07, 6.45) is 3.86. The molecule has 2 N–H and O–H groups in total. The standard InChI is InChI=1S/C19H25N5O3/c1-4-27-18(26)15-8-5-6-9-16(15)23-17(25)14-12-21-19(22-13-14)20-10-7-11-24(2)3/h5-6,8-9,12-13H,4,7,10-11H2,1-3H3,(H,23,25)(H,20,21,22). The summed E-state index contributed by atoms with van der Waals surface area (Å²) in [4.78, 5) is 34.8. The van der Waals surface area contributed by atoms with Gasteiger partial charge in [-0.1, -0.05) is 12.1 Å². The highest BCUT2D eigenvalue weighted by atomic mass is 16.5. The van der Waals surface area contributed by atoms with E-state index in [1.165, 1.54) is 12.4 Å². The number of nitrogens with one attached hydrogen (secondary N) is 2. The summed E-state index contributed by atoms with van der Waals surface area (Å²) in [5.41, 5.74) is 0.979. The molecule has 0 spiro atoms. The van der Waals surface area contributed by atoms with Gasteiger partial charge in [0.05, 0.1) is 23.4 Å². The van der Waals surface area contributed by atoms with Crippen LogP contribution in [0.5, 0.6) is 0 Å². The fourth-order valence-electron chi connectivity index (χ4n) is 2.31. The first-order valence-corrected chi connectivity index (χ1v) is 8.79. The highest BCUT2D eigenvalue weighted by Crippen LogP contribution is 2.17. The number of rotatable bonds is 9. The Kier molecular flexibility index (Phi) is 7.69. The van der Waals surface area contributed by atoms with Crippen molar-refractivity contribution in [1.82, 2.24) is 14.9 Å². The summed E-state index contributed by atoms with van der Waals surface area (Å²) in [7, 11) is 4.04. The number of amides is 1. The van der Waals surface area contributed by atoms with Gasteiger partial charge in [0.25, 0.3) is 5.91 Å². The maximum Gasteiger partial charge on any atom is 0.340 e. The molecule has 0 radical (unpaired) electrons. The number of para-hydroxylation sites is 1. The third-order valence-corrected chi connectivity index (χ3v) is 3.65. The lowest BCUT2D eigenvalue weighted by Crippen LogP contribution is -2.18. The summed E-state index contributed by atoms with van der Waals surface area (Å²) in [6, 6.07) is 6.69. The Hall–Kier alpha value is -3.00. The van der Waals surface area contributed by atoms with Crippen LogP contribution in [0.3, 0.4) is 0 Å². The van der Waals surface area contributed by atoms with Crippen molar-refractivity contribution in [2.45, 2.75) is 13.3 Å². The van der Waals surface area contributed by atoms with Gasteiger partial charge >= 0.3 is 5.97 Å². The van der Waals surface area contributed by atoms with Crippen molar-refractivity contribution in [1.29, 1.82) is 0 Å². The molecule has 0 aliphatic carbocycles. The zero-order chi connectivity index (χ0) is 19.6. The van der Waals surface area contributed by atoms with Crippen molar-refractivity contribution in [3.8, 4) is 0 Å². The van der Waals surface area contributed by atoms with Crippen LogP contribution in [0.15, 0.2) is 36.7 Å². The van der Waals surface area contributed by atoms with Crippen molar-refractivity contribution in [3.05, 3.63) is 47.8 Å². The molecule has 0 saturated carbocycles. The minimum Gasteiger partial charge on any atom is -0.462 e. The number of hydrogen-bond donors (Lipinski definition) is 2. The average molecular weight is 371 g/mol. The number of anilines is 2. The summed E-state index contributed by atoms with van der Waals surface area (Å²) in [5, 5.41) is 5.82. The molecule has 1 heterocycles. The lowest BCUT2D eigenvalue weighted by molar-refractivity contribution is 0.0527.